The highest BCUT2D eigenvalue weighted by molar-refractivity contribution is 8.04. The predicted molar refractivity (Wildman–Crippen MR) is 118 cm³/mol. The SMILES string of the molecule is COC(=O)c1ccc(OC)c(N2C(=O)[C@H]3[C@@H]4C(=C(N)S[C@H]3C2=O)C(=O)Oc2ccccc24)c1. The smallest absolute Gasteiger partial charge is 0.342 e. The van der Waals surface area contributed by atoms with E-state index in [-0.39, 0.29) is 27.6 Å². The number of benzene rings is 2. The topological polar surface area (TPSA) is 125 Å². The lowest BCUT2D eigenvalue weighted by atomic mass is 9.77. The Kier molecular flexibility index (Phi) is 4.89. The Morgan fingerprint density at radius 2 is 1.85 bits per heavy atom. The third-order valence-corrected chi connectivity index (χ3v) is 7.23. The Hall–Kier alpha value is -3.79. The highest BCUT2D eigenvalue weighted by Gasteiger charge is 2.59. The van der Waals surface area contributed by atoms with Crippen LogP contribution in [0.25, 0.3) is 0 Å². The molecule has 0 bridgehead atoms. The second kappa shape index (κ2) is 7.66. The number of hydrogen-bond acceptors (Lipinski definition) is 9. The molecule has 3 aliphatic heterocycles. The normalized spacial score (nSPS) is 23.5. The number of methoxy groups -OCH3 is 2. The van der Waals surface area contributed by atoms with E-state index in [1.54, 1.807) is 24.3 Å². The van der Waals surface area contributed by atoms with Gasteiger partial charge in [0.15, 0.2) is 0 Å². The van der Waals surface area contributed by atoms with Crippen molar-refractivity contribution in [3.8, 4) is 11.5 Å². The molecule has 0 saturated carbocycles. The monoisotopic (exact) mass is 466 g/mol. The molecule has 0 radical (unpaired) electrons. The number of rotatable bonds is 3. The largest absolute Gasteiger partial charge is 0.495 e. The second-order valence-corrected chi connectivity index (χ2v) is 8.82. The van der Waals surface area contributed by atoms with E-state index in [1.807, 2.05) is 0 Å². The fourth-order valence-electron chi connectivity index (χ4n) is 4.55. The number of para-hydroxylation sites is 1. The van der Waals surface area contributed by atoms with E-state index in [0.717, 1.165) is 16.7 Å². The quantitative estimate of drug-likeness (QED) is 0.410. The number of ether oxygens (including phenoxy) is 3. The summed E-state index contributed by atoms with van der Waals surface area (Å²) < 4.78 is 15.5. The number of thioether (sulfide) groups is 1. The van der Waals surface area contributed by atoms with Crippen LogP contribution in [0.4, 0.5) is 5.69 Å². The summed E-state index contributed by atoms with van der Waals surface area (Å²) in [6.07, 6.45) is 0. The summed E-state index contributed by atoms with van der Waals surface area (Å²) in [5, 5.41) is -0.698. The summed E-state index contributed by atoms with van der Waals surface area (Å²) in [4.78, 5) is 53.1. The number of carbonyl (C=O) groups excluding carboxylic acids is 4. The van der Waals surface area contributed by atoms with Gasteiger partial charge in [0, 0.05) is 11.5 Å². The number of imide groups is 1. The van der Waals surface area contributed by atoms with Crippen molar-refractivity contribution in [3.05, 3.63) is 64.2 Å². The van der Waals surface area contributed by atoms with Crippen molar-refractivity contribution in [2.45, 2.75) is 11.2 Å². The molecule has 2 amide bonds. The van der Waals surface area contributed by atoms with E-state index < -0.39 is 40.8 Å². The van der Waals surface area contributed by atoms with Gasteiger partial charge in [-0.2, -0.15) is 0 Å². The molecule has 168 valence electrons. The van der Waals surface area contributed by atoms with Crippen LogP contribution in [0, 0.1) is 5.92 Å². The van der Waals surface area contributed by atoms with Crippen LogP contribution in [0.15, 0.2) is 53.1 Å². The van der Waals surface area contributed by atoms with Gasteiger partial charge in [-0.1, -0.05) is 30.0 Å². The predicted octanol–water partition coefficient (Wildman–Crippen LogP) is 1.96. The number of nitrogens with two attached hydrogens (primary N) is 1. The molecule has 0 aromatic heterocycles. The van der Waals surface area contributed by atoms with Crippen molar-refractivity contribution in [1.82, 2.24) is 0 Å². The van der Waals surface area contributed by atoms with Crippen LogP contribution < -0.4 is 20.1 Å². The maximum atomic E-state index is 13.8. The second-order valence-electron chi connectivity index (χ2n) is 7.64. The highest BCUT2D eigenvalue weighted by atomic mass is 32.2. The number of hydrogen-bond donors (Lipinski definition) is 1. The molecule has 33 heavy (non-hydrogen) atoms. The molecule has 10 heteroatoms. The van der Waals surface area contributed by atoms with E-state index in [1.165, 1.54) is 32.4 Å². The molecule has 0 aliphatic carbocycles. The molecule has 0 spiro atoms. The van der Waals surface area contributed by atoms with E-state index in [4.69, 9.17) is 19.9 Å². The van der Waals surface area contributed by atoms with Gasteiger partial charge in [0.05, 0.1) is 42.0 Å². The average Bonchev–Trinajstić information content (AvgIpc) is 3.07. The Bertz CT molecular complexity index is 1270. The van der Waals surface area contributed by atoms with Crippen LogP contribution in [-0.4, -0.2) is 43.2 Å². The minimum atomic E-state index is -0.884. The molecular formula is C23H18N2O7S. The summed E-state index contributed by atoms with van der Waals surface area (Å²) >= 11 is 0.972. The zero-order chi connectivity index (χ0) is 23.4. The van der Waals surface area contributed by atoms with E-state index in [2.05, 4.69) is 0 Å². The van der Waals surface area contributed by atoms with Crippen molar-refractivity contribution < 1.29 is 33.4 Å². The van der Waals surface area contributed by atoms with Gasteiger partial charge in [0.2, 0.25) is 11.8 Å². The molecule has 2 aromatic carbocycles. The molecule has 0 unspecified atom stereocenters. The van der Waals surface area contributed by atoms with Crippen molar-refractivity contribution in [3.63, 3.8) is 0 Å². The fourth-order valence-corrected chi connectivity index (χ4v) is 5.79. The number of carbonyl (C=O) groups is 4. The van der Waals surface area contributed by atoms with E-state index >= 15 is 0 Å². The first-order chi connectivity index (χ1) is 15.9. The summed E-state index contributed by atoms with van der Waals surface area (Å²) in [5.74, 6) is -3.33. The van der Waals surface area contributed by atoms with Crippen molar-refractivity contribution >= 4 is 41.2 Å². The summed E-state index contributed by atoms with van der Waals surface area (Å²) in [6, 6.07) is 11.2. The number of fused-ring (bicyclic) bond motifs is 5. The first-order valence-corrected chi connectivity index (χ1v) is 10.9. The van der Waals surface area contributed by atoms with Gasteiger partial charge in [-0.05, 0) is 24.3 Å². The van der Waals surface area contributed by atoms with Gasteiger partial charge < -0.3 is 19.9 Å². The Labute approximate surface area is 192 Å². The zero-order valence-corrected chi connectivity index (χ0v) is 18.4. The first-order valence-electron chi connectivity index (χ1n) is 9.99. The van der Waals surface area contributed by atoms with Crippen LogP contribution in [0.3, 0.4) is 0 Å². The van der Waals surface area contributed by atoms with Gasteiger partial charge in [-0.25, -0.2) is 14.5 Å². The van der Waals surface area contributed by atoms with E-state index in [9.17, 15) is 19.2 Å². The molecule has 1 saturated heterocycles. The molecule has 5 rings (SSSR count). The number of amides is 2. The minimum absolute atomic E-state index is 0.122. The first kappa shape index (κ1) is 21.1. The lowest BCUT2D eigenvalue weighted by molar-refractivity contribution is -0.131. The maximum Gasteiger partial charge on any atom is 0.342 e. The lowest BCUT2D eigenvalue weighted by Crippen LogP contribution is -2.39. The summed E-state index contributed by atoms with van der Waals surface area (Å²) in [7, 11) is 2.63. The molecule has 9 nitrogen and oxygen atoms in total. The zero-order valence-electron chi connectivity index (χ0n) is 17.6. The van der Waals surface area contributed by atoms with Crippen molar-refractivity contribution in [2.24, 2.45) is 11.7 Å². The number of anilines is 1. The molecule has 2 aromatic rings. The molecule has 3 atom stereocenters. The van der Waals surface area contributed by atoms with E-state index in [0.29, 0.717) is 11.3 Å². The Morgan fingerprint density at radius 1 is 1.09 bits per heavy atom. The lowest BCUT2D eigenvalue weighted by Gasteiger charge is -2.36. The summed E-state index contributed by atoms with van der Waals surface area (Å²) in [6.45, 7) is 0. The molecule has 2 N–H and O–H groups in total. The Morgan fingerprint density at radius 3 is 2.58 bits per heavy atom. The molecule has 1 fully saturated rings. The van der Waals surface area contributed by atoms with Gasteiger partial charge >= 0.3 is 11.9 Å². The average molecular weight is 466 g/mol. The summed E-state index contributed by atoms with van der Waals surface area (Å²) in [5.41, 5.74) is 7.27. The van der Waals surface area contributed by atoms with Gasteiger partial charge in [-0.15, -0.1) is 0 Å². The fraction of sp³-hybridized carbons (Fsp3) is 0.217. The van der Waals surface area contributed by atoms with Crippen molar-refractivity contribution in [2.75, 3.05) is 19.1 Å². The molecule has 3 heterocycles. The minimum Gasteiger partial charge on any atom is -0.495 e. The molecular weight excluding hydrogens is 448 g/mol. The maximum absolute atomic E-state index is 13.8. The van der Waals surface area contributed by atoms with Crippen LogP contribution >= 0.6 is 11.8 Å². The van der Waals surface area contributed by atoms with Crippen LogP contribution in [0.5, 0.6) is 11.5 Å². The number of esters is 2. The third kappa shape index (κ3) is 3.01. The third-order valence-electron chi connectivity index (χ3n) is 6.00. The van der Waals surface area contributed by atoms with Crippen LogP contribution in [0.1, 0.15) is 21.8 Å². The van der Waals surface area contributed by atoms with Gasteiger partial charge in [-0.3, -0.25) is 9.59 Å². The van der Waals surface area contributed by atoms with Crippen LogP contribution in [0.2, 0.25) is 0 Å². The standard InChI is InChI=1S/C23H18N2O7S/c1-30-14-8-7-10(22(28)31-2)9-12(14)25-20(26)16-15-11-5-3-4-6-13(11)32-23(29)17(15)19(24)33-18(16)21(25)27/h3-9,15-16,18H,24H2,1-2H3/t15-,16+,18-/m1/s1. The van der Waals surface area contributed by atoms with Crippen molar-refractivity contribution in [1.29, 1.82) is 0 Å². The van der Waals surface area contributed by atoms with Gasteiger partial charge in [0.1, 0.15) is 16.7 Å². The van der Waals surface area contributed by atoms with Gasteiger partial charge in [0.25, 0.3) is 0 Å². The Balaban J connectivity index is 1.65. The highest BCUT2D eigenvalue weighted by Crippen LogP contribution is 2.55. The van der Waals surface area contributed by atoms with Crippen LogP contribution in [-0.2, 0) is 19.1 Å². The number of nitrogens with zero attached hydrogens (tertiary/aromatic N) is 1. The molecule has 3 aliphatic rings.